The number of likely N-dealkylation sites (N-methyl/N-ethyl adjacent to an activating group) is 1. The molecular weight excluding hydrogens is 548 g/mol. The van der Waals surface area contributed by atoms with Crippen molar-refractivity contribution in [3.05, 3.63) is 45.9 Å². The van der Waals surface area contributed by atoms with E-state index in [9.17, 15) is 35.9 Å². The molecule has 0 spiro atoms. The van der Waals surface area contributed by atoms with E-state index in [1.165, 1.54) is 5.01 Å². The first kappa shape index (κ1) is 29.4. The molecule has 1 aromatic rings. The average molecular weight is 578 g/mol. The van der Waals surface area contributed by atoms with Gasteiger partial charge in [0, 0.05) is 13.6 Å². The third kappa shape index (κ3) is 6.43. The molecule has 0 saturated carbocycles. The summed E-state index contributed by atoms with van der Waals surface area (Å²) >= 11 is 0.976. The molecule has 2 amide bonds. The van der Waals surface area contributed by atoms with Gasteiger partial charge < -0.3 is 5.32 Å². The predicted molar refractivity (Wildman–Crippen MR) is 134 cm³/mol. The van der Waals surface area contributed by atoms with Crippen molar-refractivity contribution in [1.82, 2.24) is 20.7 Å². The van der Waals surface area contributed by atoms with E-state index in [-0.39, 0.29) is 35.2 Å². The zero-order chi connectivity index (χ0) is 28.8. The molecule has 0 radical (unpaired) electrons. The van der Waals surface area contributed by atoms with Crippen LogP contribution in [0, 0.1) is 5.92 Å². The number of hydrogen-bond donors (Lipinski definition) is 2. The Morgan fingerprint density at radius 1 is 1.13 bits per heavy atom. The number of likely N-dealkylation sites (tertiary alicyclic amines) is 1. The molecule has 7 nitrogen and oxygen atoms in total. The fourth-order valence-electron chi connectivity index (χ4n) is 4.98. The van der Waals surface area contributed by atoms with Gasteiger partial charge in [-0.25, -0.2) is 5.43 Å². The van der Waals surface area contributed by atoms with Crippen LogP contribution >= 0.6 is 11.8 Å². The van der Waals surface area contributed by atoms with Gasteiger partial charge in [-0.3, -0.25) is 24.5 Å². The van der Waals surface area contributed by atoms with Crippen molar-refractivity contribution in [3.8, 4) is 0 Å². The lowest BCUT2D eigenvalue weighted by atomic mass is 9.91. The Morgan fingerprint density at radius 2 is 1.79 bits per heavy atom. The lowest BCUT2D eigenvalue weighted by molar-refractivity contribution is -0.143. The van der Waals surface area contributed by atoms with Gasteiger partial charge in [0.05, 0.1) is 21.6 Å². The Hall–Kier alpha value is -2.58. The summed E-state index contributed by atoms with van der Waals surface area (Å²) in [4.78, 5) is 31.8. The summed E-state index contributed by atoms with van der Waals surface area (Å²) in [5, 5.41) is 3.78. The highest BCUT2D eigenvalue weighted by Crippen LogP contribution is 2.38. The minimum atomic E-state index is -4.91. The molecule has 0 bridgehead atoms. The maximum absolute atomic E-state index is 13.5. The monoisotopic (exact) mass is 577 g/mol. The molecule has 214 valence electrons. The van der Waals surface area contributed by atoms with Gasteiger partial charge in [-0.05, 0) is 74.7 Å². The zero-order valence-electron chi connectivity index (χ0n) is 21.5. The van der Waals surface area contributed by atoms with E-state index < -0.39 is 35.1 Å². The van der Waals surface area contributed by atoms with Gasteiger partial charge in [-0.15, -0.1) is 0 Å². The fourth-order valence-corrected chi connectivity index (χ4v) is 5.79. The number of alkyl halides is 6. The molecule has 3 fully saturated rings. The third-order valence-corrected chi connectivity index (χ3v) is 8.23. The summed E-state index contributed by atoms with van der Waals surface area (Å²) in [6, 6.07) is 1.02. The van der Waals surface area contributed by atoms with E-state index in [0.717, 1.165) is 17.8 Å². The van der Waals surface area contributed by atoms with Gasteiger partial charge in [0.2, 0.25) is 0 Å². The molecule has 3 heterocycles. The molecule has 2 N–H and O–H groups in total. The van der Waals surface area contributed by atoms with Crippen LogP contribution in [0.15, 0.2) is 34.2 Å². The van der Waals surface area contributed by atoms with Gasteiger partial charge in [-0.1, -0.05) is 19.1 Å². The number of hydrogen-bond acceptors (Lipinski definition) is 6. The van der Waals surface area contributed by atoms with E-state index in [4.69, 9.17) is 0 Å². The Morgan fingerprint density at radius 3 is 2.38 bits per heavy atom. The first-order valence-electron chi connectivity index (χ1n) is 12.4. The maximum Gasteiger partial charge on any atom is 0.416 e. The Bertz CT molecular complexity index is 1190. The number of rotatable bonds is 5. The molecule has 2 atom stereocenters. The van der Waals surface area contributed by atoms with Crippen molar-refractivity contribution in [2.75, 3.05) is 20.1 Å². The van der Waals surface area contributed by atoms with E-state index >= 15 is 0 Å². The number of aliphatic imine (C=N–C) groups is 1. The van der Waals surface area contributed by atoms with Crippen molar-refractivity contribution in [2.45, 2.75) is 63.6 Å². The summed E-state index contributed by atoms with van der Waals surface area (Å²) < 4.78 is 79.5. The summed E-state index contributed by atoms with van der Waals surface area (Å²) in [6.07, 6.45) is -6.10. The lowest BCUT2D eigenvalue weighted by Gasteiger charge is -2.31. The number of hydrazine groups is 1. The minimum absolute atomic E-state index is 0.00831. The Kier molecular flexibility index (Phi) is 8.12. The first-order valence-corrected chi connectivity index (χ1v) is 13.3. The smallest absolute Gasteiger partial charge is 0.300 e. The van der Waals surface area contributed by atoms with Crippen molar-refractivity contribution >= 4 is 28.7 Å². The van der Waals surface area contributed by atoms with Gasteiger partial charge in [-0.2, -0.15) is 26.3 Å². The van der Waals surface area contributed by atoms with Crippen LogP contribution in [-0.2, 0) is 23.7 Å². The molecular formula is C25H29F6N5O2S. The number of amidine groups is 1. The highest BCUT2D eigenvalue weighted by Gasteiger charge is 2.47. The number of thioether (sulfide) groups is 1. The van der Waals surface area contributed by atoms with Crippen LogP contribution in [0.3, 0.4) is 0 Å². The van der Waals surface area contributed by atoms with Gasteiger partial charge in [0.15, 0.2) is 6.04 Å². The van der Waals surface area contributed by atoms with Crippen LogP contribution in [0.1, 0.15) is 49.8 Å². The maximum atomic E-state index is 13.5. The van der Waals surface area contributed by atoms with Crippen LogP contribution in [0.5, 0.6) is 0 Å². The first-order chi connectivity index (χ1) is 18.1. The molecule has 4 rings (SSSR count). The van der Waals surface area contributed by atoms with Gasteiger partial charge in [0.1, 0.15) is 5.84 Å². The van der Waals surface area contributed by atoms with Crippen LogP contribution in [-0.4, -0.2) is 58.6 Å². The number of amides is 2. The number of nitrogens with one attached hydrogen (secondary N) is 2. The summed E-state index contributed by atoms with van der Waals surface area (Å²) in [7, 11) is 1.62. The Balaban J connectivity index is 1.46. The molecule has 0 aliphatic carbocycles. The minimum Gasteiger partial charge on any atom is -0.300 e. The molecule has 3 aliphatic rings. The van der Waals surface area contributed by atoms with E-state index in [2.05, 4.69) is 15.7 Å². The SMILES string of the molecule is CC[C@@]1(C)NN(C)C(=O)[C@H]1N=C1NC(=O)S/C1=C\C1CCN(Cc2ccc(C(F)(F)F)cc2C(F)(F)F)CC1. The lowest BCUT2D eigenvalue weighted by Crippen LogP contribution is -2.46. The van der Waals surface area contributed by atoms with Crippen LogP contribution < -0.4 is 10.7 Å². The van der Waals surface area contributed by atoms with E-state index in [1.54, 1.807) is 11.9 Å². The predicted octanol–water partition coefficient (Wildman–Crippen LogP) is 5.19. The molecule has 39 heavy (non-hydrogen) atoms. The van der Waals surface area contributed by atoms with Crippen molar-refractivity contribution in [3.63, 3.8) is 0 Å². The van der Waals surface area contributed by atoms with E-state index in [0.29, 0.717) is 49.2 Å². The standard InChI is InChI=1S/C25H29F6N5O2S/c1-4-23(2)19(21(37)35(3)34-23)32-20-18(39-22(38)33-20)11-14-7-9-36(10-8-14)13-15-5-6-16(24(26,27)28)12-17(15)25(29,30)31/h5-6,11-12,14,19,34H,4,7-10,13H2,1-3H3,(H,32,33,38)/b18-11-/t19-,23-/m1/s1. The quantitative estimate of drug-likeness (QED) is 0.472. The highest BCUT2D eigenvalue weighted by atomic mass is 32.2. The van der Waals surface area contributed by atoms with E-state index in [1.807, 2.05) is 19.9 Å². The average Bonchev–Trinajstić information content (AvgIpc) is 3.30. The molecule has 3 aliphatic heterocycles. The normalized spacial score (nSPS) is 27.7. The van der Waals surface area contributed by atoms with Gasteiger partial charge >= 0.3 is 12.4 Å². The van der Waals surface area contributed by atoms with Crippen molar-refractivity contribution in [2.24, 2.45) is 10.9 Å². The second kappa shape index (κ2) is 10.8. The molecule has 0 unspecified atom stereocenters. The highest BCUT2D eigenvalue weighted by molar-refractivity contribution is 8.18. The third-order valence-electron chi connectivity index (χ3n) is 7.40. The number of nitrogens with zero attached hydrogens (tertiary/aromatic N) is 3. The zero-order valence-corrected chi connectivity index (χ0v) is 22.4. The fraction of sp³-hybridized carbons (Fsp3) is 0.560. The van der Waals surface area contributed by atoms with Crippen LogP contribution in [0.2, 0.25) is 0 Å². The van der Waals surface area contributed by atoms with Crippen molar-refractivity contribution < 1.29 is 35.9 Å². The van der Waals surface area contributed by atoms with Crippen molar-refractivity contribution in [1.29, 1.82) is 0 Å². The number of allylic oxidation sites excluding steroid dienone is 1. The number of halogens is 6. The second-order valence-electron chi connectivity index (χ2n) is 10.2. The second-order valence-corrected chi connectivity index (χ2v) is 11.2. The Labute approximate surface area is 226 Å². The van der Waals surface area contributed by atoms with Crippen LogP contribution in [0.4, 0.5) is 31.1 Å². The number of carbonyl (C=O) groups is 2. The topological polar surface area (TPSA) is 77.0 Å². The van der Waals surface area contributed by atoms with Gasteiger partial charge in [0.25, 0.3) is 11.1 Å². The molecule has 0 aromatic heterocycles. The molecule has 14 heteroatoms. The number of piperidine rings is 1. The molecule has 1 aromatic carbocycles. The number of benzene rings is 1. The largest absolute Gasteiger partial charge is 0.416 e. The number of carbonyl (C=O) groups excluding carboxylic acids is 2. The molecule has 3 saturated heterocycles. The summed E-state index contributed by atoms with van der Waals surface area (Å²) in [5.74, 6) is 0.114. The van der Waals surface area contributed by atoms with Crippen LogP contribution in [0.25, 0.3) is 0 Å². The summed E-state index contributed by atoms with van der Waals surface area (Å²) in [6.45, 7) is 4.54. The summed E-state index contributed by atoms with van der Waals surface area (Å²) in [5.41, 5.74) is -0.318.